The van der Waals surface area contributed by atoms with Crippen molar-refractivity contribution in [1.29, 1.82) is 0 Å². The summed E-state index contributed by atoms with van der Waals surface area (Å²) in [7, 11) is 0. The number of nitrogens with one attached hydrogen (secondary N) is 1. The van der Waals surface area contributed by atoms with Gasteiger partial charge in [-0.05, 0) is 29.8 Å². The first kappa shape index (κ1) is 22.3. The third-order valence-electron chi connectivity index (χ3n) is 5.05. The van der Waals surface area contributed by atoms with Crippen LogP contribution in [0.15, 0.2) is 60.7 Å². The van der Waals surface area contributed by atoms with Crippen LogP contribution in [0.25, 0.3) is 22.4 Å². The number of hydrogen-bond acceptors (Lipinski definition) is 5. The summed E-state index contributed by atoms with van der Waals surface area (Å²) < 4.78 is 42.0. The number of imidazole rings is 1. The monoisotopic (exact) mass is 454 g/mol. The van der Waals surface area contributed by atoms with Gasteiger partial charge in [-0.25, -0.2) is 18.2 Å². The number of rotatable bonds is 6. The summed E-state index contributed by atoms with van der Waals surface area (Å²) in [5.74, 6) is -6.35. The number of carbonyl (C=O) groups excluding carboxylic acids is 1. The van der Waals surface area contributed by atoms with E-state index < -0.39 is 52.8 Å². The fraction of sp³-hybridized carbons (Fsp3) is 0.0833. The molecule has 0 bridgehead atoms. The number of aromatic nitrogens is 2. The number of H-pyrrole nitrogens is 1. The molecule has 4 rings (SSSR count). The number of hydrogen-bond donors (Lipinski definition) is 4. The van der Waals surface area contributed by atoms with Crippen LogP contribution < -0.4 is 0 Å². The van der Waals surface area contributed by atoms with Crippen LogP contribution in [0, 0.1) is 17.5 Å². The molecule has 0 saturated carbocycles. The smallest absolute Gasteiger partial charge is 0.203 e. The van der Waals surface area contributed by atoms with Crippen LogP contribution in [-0.2, 0) is 0 Å². The van der Waals surface area contributed by atoms with E-state index in [2.05, 4.69) is 9.97 Å². The molecule has 0 aliphatic carbocycles. The van der Waals surface area contributed by atoms with Crippen molar-refractivity contribution in [2.75, 3.05) is 6.61 Å². The lowest BCUT2D eigenvalue weighted by Gasteiger charge is -2.12. The molecule has 33 heavy (non-hydrogen) atoms. The van der Waals surface area contributed by atoms with Crippen molar-refractivity contribution in [2.45, 2.75) is 6.10 Å². The van der Waals surface area contributed by atoms with Crippen molar-refractivity contribution in [1.82, 2.24) is 9.97 Å². The Hall–Kier alpha value is -3.95. The number of Topliss-reactive ketones (excluding diaryl/α,β-unsaturated/α-hetero) is 1. The van der Waals surface area contributed by atoms with E-state index in [4.69, 9.17) is 0 Å². The lowest BCUT2D eigenvalue weighted by atomic mass is 9.96. The Kier molecular flexibility index (Phi) is 5.99. The molecule has 0 saturated heterocycles. The van der Waals surface area contributed by atoms with E-state index >= 15 is 0 Å². The molecule has 1 unspecified atom stereocenters. The van der Waals surface area contributed by atoms with Gasteiger partial charge in [0.2, 0.25) is 5.78 Å². The minimum atomic E-state index is -1.58. The third kappa shape index (κ3) is 4.23. The van der Waals surface area contributed by atoms with Crippen LogP contribution in [0.2, 0.25) is 0 Å². The number of aliphatic hydroxyl groups is 3. The zero-order valence-corrected chi connectivity index (χ0v) is 16.9. The number of aromatic amines is 1. The molecule has 0 spiro atoms. The minimum absolute atomic E-state index is 0.0288. The summed E-state index contributed by atoms with van der Waals surface area (Å²) in [6.45, 7) is -0.586. The molecule has 0 aliphatic heterocycles. The lowest BCUT2D eigenvalue weighted by molar-refractivity contribution is 0.0956. The van der Waals surface area contributed by atoms with Gasteiger partial charge < -0.3 is 20.3 Å². The highest BCUT2D eigenvalue weighted by molar-refractivity contribution is 6.33. The Bertz CT molecular complexity index is 1360. The first-order valence-corrected chi connectivity index (χ1v) is 9.77. The molecule has 4 N–H and O–H groups in total. The van der Waals surface area contributed by atoms with Crippen LogP contribution >= 0.6 is 0 Å². The molecule has 0 fully saturated rings. The van der Waals surface area contributed by atoms with E-state index in [-0.39, 0.29) is 17.0 Å². The average Bonchev–Trinajstić information content (AvgIpc) is 3.24. The fourth-order valence-electron chi connectivity index (χ4n) is 3.40. The molecule has 1 atom stereocenters. The molecule has 4 aromatic rings. The van der Waals surface area contributed by atoms with Crippen LogP contribution in [0.4, 0.5) is 13.2 Å². The third-order valence-corrected chi connectivity index (χ3v) is 5.05. The van der Waals surface area contributed by atoms with Crippen molar-refractivity contribution >= 4 is 28.1 Å². The summed E-state index contributed by atoms with van der Waals surface area (Å²) in [6.07, 6.45) is -1.25. The molecule has 0 aliphatic rings. The molecular weight excluding hydrogens is 437 g/mol. The van der Waals surface area contributed by atoms with Crippen LogP contribution in [0.5, 0.6) is 0 Å². The first-order valence-electron chi connectivity index (χ1n) is 9.77. The predicted octanol–water partition coefficient (Wildman–Crippen LogP) is 4.32. The van der Waals surface area contributed by atoms with Gasteiger partial charge in [0.1, 0.15) is 29.1 Å². The number of carbonyl (C=O) groups is 1. The van der Waals surface area contributed by atoms with E-state index in [0.29, 0.717) is 23.2 Å². The molecule has 1 aromatic heterocycles. The van der Waals surface area contributed by atoms with Gasteiger partial charge >= 0.3 is 0 Å². The maximum absolute atomic E-state index is 14.4. The second-order valence-electron chi connectivity index (χ2n) is 7.23. The summed E-state index contributed by atoms with van der Waals surface area (Å²) in [4.78, 5) is 20.4. The van der Waals surface area contributed by atoms with Gasteiger partial charge in [0.05, 0.1) is 23.2 Å². The quantitative estimate of drug-likeness (QED) is 0.150. The predicted molar refractivity (Wildman–Crippen MR) is 115 cm³/mol. The summed E-state index contributed by atoms with van der Waals surface area (Å²) in [5, 5.41) is 30.1. The minimum Gasteiger partial charge on any atom is -0.506 e. The number of fused-ring (bicyclic) bond motifs is 1. The normalized spacial score (nSPS) is 13.1. The fourth-order valence-corrected chi connectivity index (χ4v) is 3.40. The van der Waals surface area contributed by atoms with Gasteiger partial charge in [0.25, 0.3) is 0 Å². The largest absolute Gasteiger partial charge is 0.506 e. The van der Waals surface area contributed by atoms with Gasteiger partial charge in [-0.3, -0.25) is 4.79 Å². The molecular formula is C24H17F3N2O4. The van der Waals surface area contributed by atoms with Gasteiger partial charge in [-0.1, -0.05) is 30.3 Å². The Balaban J connectivity index is 1.96. The van der Waals surface area contributed by atoms with Gasteiger partial charge in [-0.15, -0.1) is 0 Å². The molecule has 6 nitrogen and oxygen atoms in total. The topological polar surface area (TPSA) is 106 Å². The highest BCUT2D eigenvalue weighted by Gasteiger charge is 2.28. The second kappa shape index (κ2) is 8.89. The number of ketones is 1. The zero-order chi connectivity index (χ0) is 23.7. The van der Waals surface area contributed by atoms with Crippen molar-refractivity contribution in [2.24, 2.45) is 0 Å². The van der Waals surface area contributed by atoms with Crippen molar-refractivity contribution in [3.05, 3.63) is 101 Å². The van der Waals surface area contributed by atoms with E-state index in [1.165, 1.54) is 24.3 Å². The number of aliphatic hydroxyl groups excluding tert-OH is 3. The first-order chi connectivity index (χ1) is 15.8. The van der Waals surface area contributed by atoms with Crippen molar-refractivity contribution in [3.63, 3.8) is 0 Å². The van der Waals surface area contributed by atoms with Crippen LogP contribution in [0.1, 0.15) is 33.4 Å². The van der Waals surface area contributed by atoms with E-state index in [1.54, 1.807) is 24.3 Å². The lowest BCUT2D eigenvalue weighted by Crippen LogP contribution is -2.11. The summed E-state index contributed by atoms with van der Waals surface area (Å²) >= 11 is 0. The molecule has 168 valence electrons. The number of para-hydroxylation sites is 2. The molecule has 1 heterocycles. The van der Waals surface area contributed by atoms with Gasteiger partial charge in [0.15, 0.2) is 11.6 Å². The Labute approximate surface area is 185 Å². The highest BCUT2D eigenvalue weighted by atomic mass is 19.2. The Morgan fingerprint density at radius 1 is 1.03 bits per heavy atom. The Morgan fingerprint density at radius 2 is 1.79 bits per heavy atom. The SMILES string of the molecule is O=C(C(=C(O)c1cccc(C(O)CO)c1)c1nc2ccccc2[nH]1)c1cc(F)cc(F)c1F. The van der Waals surface area contributed by atoms with E-state index in [0.717, 1.165) is 0 Å². The zero-order valence-electron chi connectivity index (χ0n) is 16.9. The van der Waals surface area contributed by atoms with Gasteiger partial charge in [0, 0.05) is 11.6 Å². The molecule has 9 heteroatoms. The standard InChI is InChI=1S/C24H17F3N2O4/c25-14-9-15(21(27)16(26)10-14)23(33)20(24-28-17-6-1-2-7-18(17)29-24)22(32)13-5-3-4-12(8-13)19(31)11-30/h1-10,19,30-32H,11H2,(H,28,29). The second-order valence-corrected chi connectivity index (χ2v) is 7.23. The highest BCUT2D eigenvalue weighted by Crippen LogP contribution is 2.30. The number of benzene rings is 3. The molecule has 0 amide bonds. The van der Waals surface area contributed by atoms with Crippen LogP contribution in [-0.4, -0.2) is 37.7 Å². The Morgan fingerprint density at radius 3 is 2.52 bits per heavy atom. The molecule has 3 aromatic carbocycles. The van der Waals surface area contributed by atoms with E-state index in [9.17, 15) is 33.3 Å². The summed E-state index contributed by atoms with van der Waals surface area (Å²) in [5.41, 5.74) is -0.268. The number of halogens is 3. The number of allylic oxidation sites excluding steroid dienone is 1. The van der Waals surface area contributed by atoms with Gasteiger partial charge in [-0.2, -0.15) is 0 Å². The maximum Gasteiger partial charge on any atom is 0.203 e. The van der Waals surface area contributed by atoms with E-state index in [1.807, 2.05) is 0 Å². The average molecular weight is 454 g/mol. The van der Waals surface area contributed by atoms with Crippen molar-refractivity contribution < 1.29 is 33.3 Å². The number of nitrogens with zero attached hydrogens (tertiary/aromatic N) is 1. The molecule has 0 radical (unpaired) electrons. The van der Waals surface area contributed by atoms with Crippen LogP contribution in [0.3, 0.4) is 0 Å². The maximum atomic E-state index is 14.4. The van der Waals surface area contributed by atoms with Crippen molar-refractivity contribution in [3.8, 4) is 0 Å². The summed E-state index contributed by atoms with van der Waals surface area (Å²) in [6, 6.07) is 13.2.